The predicted octanol–water partition coefficient (Wildman–Crippen LogP) is 4.13. The number of sulfonamides is 1. The molecule has 0 spiro atoms. The third kappa shape index (κ3) is 4.83. The minimum Gasteiger partial charge on any atom is -0.347 e. The average Bonchev–Trinajstić information content (AvgIpc) is 2.72. The Kier molecular flexibility index (Phi) is 6.81. The molecule has 1 amide bonds. The SMILES string of the molecule is CC[C@H](NC(=O)[C@@H](C)N(c1ccccc1F)S(C)(=O)=O)c1ccc2c(c1)CCCC2. The van der Waals surface area contributed by atoms with Crippen molar-refractivity contribution in [2.45, 2.75) is 58.0 Å². The summed E-state index contributed by atoms with van der Waals surface area (Å²) in [6.45, 7) is 3.45. The van der Waals surface area contributed by atoms with Gasteiger partial charge in [0.1, 0.15) is 11.9 Å². The van der Waals surface area contributed by atoms with Crippen LogP contribution in [0.2, 0.25) is 0 Å². The molecule has 2 aromatic rings. The van der Waals surface area contributed by atoms with E-state index in [2.05, 4.69) is 17.4 Å². The van der Waals surface area contributed by atoms with Crippen LogP contribution in [-0.2, 0) is 27.7 Å². The summed E-state index contributed by atoms with van der Waals surface area (Å²) >= 11 is 0. The lowest BCUT2D eigenvalue weighted by Gasteiger charge is -2.30. The van der Waals surface area contributed by atoms with Gasteiger partial charge >= 0.3 is 0 Å². The largest absolute Gasteiger partial charge is 0.347 e. The van der Waals surface area contributed by atoms with E-state index >= 15 is 0 Å². The molecular weight excluding hydrogens is 403 g/mol. The van der Waals surface area contributed by atoms with Crippen molar-refractivity contribution < 1.29 is 17.6 Å². The summed E-state index contributed by atoms with van der Waals surface area (Å²) in [5.41, 5.74) is 3.56. The van der Waals surface area contributed by atoms with Crippen molar-refractivity contribution in [2.75, 3.05) is 10.6 Å². The number of carbonyl (C=O) groups excluding carboxylic acids is 1. The number of nitrogens with zero attached hydrogens (tertiary/aromatic N) is 1. The quantitative estimate of drug-likeness (QED) is 0.716. The number of aryl methyl sites for hydroxylation is 2. The Hall–Kier alpha value is -2.41. The summed E-state index contributed by atoms with van der Waals surface area (Å²) in [6.07, 6.45) is 6.14. The van der Waals surface area contributed by atoms with E-state index in [1.165, 1.54) is 49.1 Å². The molecule has 0 unspecified atom stereocenters. The van der Waals surface area contributed by atoms with Crippen LogP contribution in [0.25, 0.3) is 0 Å². The van der Waals surface area contributed by atoms with Crippen LogP contribution in [0.15, 0.2) is 42.5 Å². The highest BCUT2D eigenvalue weighted by Crippen LogP contribution is 2.27. The molecule has 0 aliphatic heterocycles. The Balaban J connectivity index is 1.84. The van der Waals surface area contributed by atoms with Gasteiger partial charge in [-0.3, -0.25) is 9.10 Å². The molecule has 30 heavy (non-hydrogen) atoms. The number of halogens is 1. The van der Waals surface area contributed by atoms with Gasteiger partial charge in [-0.1, -0.05) is 37.3 Å². The fourth-order valence-electron chi connectivity index (χ4n) is 4.09. The highest BCUT2D eigenvalue weighted by Gasteiger charge is 2.32. The topological polar surface area (TPSA) is 66.5 Å². The molecule has 7 heteroatoms. The molecule has 0 saturated heterocycles. The van der Waals surface area contributed by atoms with Crippen molar-refractivity contribution >= 4 is 21.6 Å². The van der Waals surface area contributed by atoms with Gasteiger partial charge in [-0.25, -0.2) is 12.8 Å². The molecule has 0 bridgehead atoms. The number of benzene rings is 2. The van der Waals surface area contributed by atoms with Crippen molar-refractivity contribution in [1.29, 1.82) is 0 Å². The van der Waals surface area contributed by atoms with Crippen molar-refractivity contribution in [3.63, 3.8) is 0 Å². The van der Waals surface area contributed by atoms with Crippen molar-refractivity contribution in [3.05, 3.63) is 65.0 Å². The minimum absolute atomic E-state index is 0.135. The molecule has 5 nitrogen and oxygen atoms in total. The van der Waals surface area contributed by atoms with Gasteiger partial charge in [0, 0.05) is 0 Å². The predicted molar refractivity (Wildman–Crippen MR) is 117 cm³/mol. The molecule has 3 rings (SSSR count). The Morgan fingerprint density at radius 3 is 2.43 bits per heavy atom. The van der Waals surface area contributed by atoms with E-state index in [1.807, 2.05) is 13.0 Å². The summed E-state index contributed by atoms with van der Waals surface area (Å²) in [4.78, 5) is 13.0. The third-order valence-electron chi connectivity index (χ3n) is 5.68. The minimum atomic E-state index is -3.87. The molecule has 0 saturated carbocycles. The number of amides is 1. The second-order valence-corrected chi connectivity index (χ2v) is 9.75. The van der Waals surface area contributed by atoms with Gasteiger partial charge in [0.2, 0.25) is 15.9 Å². The number of hydrogen-bond donors (Lipinski definition) is 1. The molecule has 162 valence electrons. The molecule has 0 fully saturated rings. The number of para-hydroxylation sites is 1. The van der Waals surface area contributed by atoms with Crippen molar-refractivity contribution in [2.24, 2.45) is 0 Å². The summed E-state index contributed by atoms with van der Waals surface area (Å²) in [7, 11) is -3.87. The number of fused-ring (bicyclic) bond motifs is 1. The number of carbonyl (C=O) groups is 1. The first-order chi connectivity index (χ1) is 14.2. The van der Waals surface area contributed by atoms with Crippen LogP contribution in [0, 0.1) is 5.82 Å². The first-order valence-corrected chi connectivity index (χ1v) is 12.2. The van der Waals surface area contributed by atoms with E-state index in [1.54, 1.807) is 6.07 Å². The molecule has 2 aromatic carbocycles. The molecular formula is C23H29FN2O3S. The van der Waals surface area contributed by atoms with Crippen molar-refractivity contribution in [3.8, 4) is 0 Å². The van der Waals surface area contributed by atoms with E-state index in [4.69, 9.17) is 0 Å². The van der Waals surface area contributed by atoms with Crippen LogP contribution in [0.3, 0.4) is 0 Å². The van der Waals surface area contributed by atoms with E-state index in [0.717, 1.165) is 29.0 Å². The highest BCUT2D eigenvalue weighted by molar-refractivity contribution is 7.92. The molecule has 0 aromatic heterocycles. The fourth-order valence-corrected chi connectivity index (χ4v) is 5.27. The molecule has 2 atom stereocenters. The van der Waals surface area contributed by atoms with Crippen molar-refractivity contribution in [1.82, 2.24) is 5.32 Å². The third-order valence-corrected chi connectivity index (χ3v) is 6.91. The lowest BCUT2D eigenvalue weighted by molar-refractivity contribution is -0.122. The van der Waals surface area contributed by atoms with E-state index < -0.39 is 27.8 Å². The van der Waals surface area contributed by atoms with Gasteiger partial charge in [0.25, 0.3) is 0 Å². The van der Waals surface area contributed by atoms with E-state index in [0.29, 0.717) is 6.42 Å². The Morgan fingerprint density at radius 2 is 1.80 bits per heavy atom. The number of rotatable bonds is 7. The van der Waals surface area contributed by atoms with Crippen LogP contribution < -0.4 is 9.62 Å². The zero-order valence-corrected chi connectivity index (χ0v) is 18.5. The normalized spacial score (nSPS) is 15.7. The van der Waals surface area contributed by atoms with Gasteiger partial charge in [-0.15, -0.1) is 0 Å². The van der Waals surface area contributed by atoms with Gasteiger partial charge < -0.3 is 5.32 Å². The molecule has 0 heterocycles. The van der Waals surface area contributed by atoms with Crippen LogP contribution in [0.1, 0.15) is 55.8 Å². The number of hydrogen-bond acceptors (Lipinski definition) is 3. The van der Waals surface area contributed by atoms with Gasteiger partial charge in [0.15, 0.2) is 0 Å². The maximum absolute atomic E-state index is 14.3. The second kappa shape index (κ2) is 9.16. The van der Waals surface area contributed by atoms with Crippen LogP contribution in [0.4, 0.5) is 10.1 Å². The summed E-state index contributed by atoms with van der Waals surface area (Å²) in [5, 5.41) is 2.96. The Bertz CT molecular complexity index is 1020. The first kappa shape index (κ1) is 22.3. The van der Waals surface area contributed by atoms with Crippen LogP contribution in [-0.4, -0.2) is 26.6 Å². The maximum atomic E-state index is 14.3. The molecule has 1 aliphatic carbocycles. The number of anilines is 1. The Morgan fingerprint density at radius 1 is 1.13 bits per heavy atom. The molecule has 1 N–H and O–H groups in total. The zero-order valence-electron chi connectivity index (χ0n) is 17.7. The summed E-state index contributed by atoms with van der Waals surface area (Å²) in [6, 6.07) is 10.5. The van der Waals surface area contributed by atoms with Gasteiger partial charge in [-0.05, 0) is 67.9 Å². The summed E-state index contributed by atoms with van der Waals surface area (Å²) in [5.74, 6) is -1.16. The fraction of sp³-hybridized carbons (Fsp3) is 0.435. The Labute approximate surface area is 178 Å². The number of nitrogens with one attached hydrogen (secondary N) is 1. The average molecular weight is 433 g/mol. The van der Waals surface area contributed by atoms with Gasteiger partial charge in [0.05, 0.1) is 18.0 Å². The highest BCUT2D eigenvalue weighted by atomic mass is 32.2. The zero-order chi connectivity index (χ0) is 21.9. The molecule has 1 aliphatic rings. The standard InChI is InChI=1S/C23H29FN2O3S/c1-4-21(19-14-13-17-9-5-6-10-18(17)15-19)25-23(27)16(2)26(30(3,28)29)22-12-8-7-11-20(22)24/h7-8,11-16,21H,4-6,9-10H2,1-3H3,(H,25,27)/t16-,21+/m1/s1. The monoisotopic (exact) mass is 432 g/mol. The van der Waals surface area contributed by atoms with Crippen LogP contribution >= 0.6 is 0 Å². The smallest absolute Gasteiger partial charge is 0.244 e. The second-order valence-electron chi connectivity index (χ2n) is 7.89. The first-order valence-electron chi connectivity index (χ1n) is 10.4. The molecule has 0 radical (unpaired) electrons. The lowest BCUT2D eigenvalue weighted by Crippen LogP contribution is -2.49. The lowest BCUT2D eigenvalue weighted by atomic mass is 9.88. The van der Waals surface area contributed by atoms with E-state index in [-0.39, 0.29) is 11.7 Å². The van der Waals surface area contributed by atoms with E-state index in [9.17, 15) is 17.6 Å². The maximum Gasteiger partial charge on any atom is 0.244 e. The summed E-state index contributed by atoms with van der Waals surface area (Å²) < 4.78 is 39.9. The van der Waals surface area contributed by atoms with Crippen LogP contribution in [0.5, 0.6) is 0 Å². The van der Waals surface area contributed by atoms with Gasteiger partial charge in [-0.2, -0.15) is 0 Å².